The Morgan fingerprint density at radius 3 is 2.60 bits per heavy atom. The summed E-state index contributed by atoms with van der Waals surface area (Å²) >= 11 is 2.97. The third kappa shape index (κ3) is 2.45. The third-order valence-corrected chi connectivity index (χ3v) is 3.70. The minimum Gasteiger partial charge on any atom is -0.380 e. The van der Waals surface area contributed by atoms with Gasteiger partial charge in [0.05, 0.1) is 21.7 Å². The summed E-state index contributed by atoms with van der Waals surface area (Å²) in [5, 5.41) is 19.4. The van der Waals surface area contributed by atoms with E-state index in [1.165, 1.54) is 25.1 Å². The van der Waals surface area contributed by atoms with Crippen LogP contribution in [0, 0.1) is 23.0 Å². The van der Waals surface area contributed by atoms with Crippen LogP contribution in [-0.4, -0.2) is 5.11 Å². The average molecular weight is 338 g/mol. The van der Waals surface area contributed by atoms with Crippen molar-refractivity contribution in [2.75, 3.05) is 0 Å². The van der Waals surface area contributed by atoms with E-state index >= 15 is 0 Å². The number of benzene rings is 2. The Bertz CT molecular complexity index is 708. The first-order valence-electron chi connectivity index (χ1n) is 5.75. The minimum atomic E-state index is -1.88. The lowest BCUT2D eigenvalue weighted by atomic mass is 9.87. The first-order valence-corrected chi connectivity index (χ1v) is 6.54. The molecular weight excluding hydrogens is 328 g/mol. The number of rotatable bonds is 2. The van der Waals surface area contributed by atoms with Crippen molar-refractivity contribution < 1.29 is 13.9 Å². The van der Waals surface area contributed by atoms with Crippen LogP contribution in [0.4, 0.5) is 8.78 Å². The maximum Gasteiger partial charge on any atom is 0.146 e. The minimum absolute atomic E-state index is 0.0608. The van der Waals surface area contributed by atoms with Crippen LogP contribution in [-0.2, 0) is 5.60 Å². The van der Waals surface area contributed by atoms with Crippen molar-refractivity contribution in [1.29, 1.82) is 5.26 Å². The smallest absolute Gasteiger partial charge is 0.146 e. The van der Waals surface area contributed by atoms with Crippen LogP contribution in [0.3, 0.4) is 0 Å². The summed E-state index contributed by atoms with van der Waals surface area (Å²) in [5.74, 6) is -1.71. The van der Waals surface area contributed by atoms with Crippen molar-refractivity contribution in [3.63, 3.8) is 0 Å². The molecule has 1 unspecified atom stereocenters. The van der Waals surface area contributed by atoms with E-state index in [4.69, 9.17) is 5.26 Å². The van der Waals surface area contributed by atoms with Gasteiger partial charge in [0.2, 0.25) is 0 Å². The van der Waals surface area contributed by atoms with Gasteiger partial charge < -0.3 is 5.11 Å². The molecule has 0 fully saturated rings. The molecule has 0 spiro atoms. The maximum absolute atomic E-state index is 14.1. The van der Waals surface area contributed by atoms with E-state index < -0.39 is 22.8 Å². The van der Waals surface area contributed by atoms with Crippen molar-refractivity contribution in [2.45, 2.75) is 12.5 Å². The molecule has 0 bridgehead atoms. The second-order valence-electron chi connectivity index (χ2n) is 4.48. The molecule has 2 nitrogen and oxygen atoms in total. The Kier molecular flexibility index (Phi) is 3.89. The zero-order valence-electron chi connectivity index (χ0n) is 10.5. The molecule has 0 amide bonds. The number of halogens is 3. The van der Waals surface area contributed by atoms with E-state index in [-0.39, 0.29) is 10.0 Å². The second-order valence-corrected chi connectivity index (χ2v) is 5.34. The molecule has 102 valence electrons. The van der Waals surface area contributed by atoms with Gasteiger partial charge in [-0.3, -0.25) is 0 Å². The molecule has 0 aliphatic carbocycles. The summed E-state index contributed by atoms with van der Waals surface area (Å²) in [6, 6.07) is 10.2. The molecule has 0 aliphatic rings. The van der Waals surface area contributed by atoms with Crippen molar-refractivity contribution >= 4 is 15.9 Å². The van der Waals surface area contributed by atoms with Crippen molar-refractivity contribution in [3.8, 4) is 6.07 Å². The monoisotopic (exact) mass is 337 g/mol. The van der Waals surface area contributed by atoms with Crippen LogP contribution < -0.4 is 0 Å². The van der Waals surface area contributed by atoms with Crippen LogP contribution in [0.1, 0.15) is 23.6 Å². The fourth-order valence-corrected chi connectivity index (χ4v) is 2.34. The lowest BCUT2D eigenvalue weighted by molar-refractivity contribution is 0.0932. The van der Waals surface area contributed by atoms with Gasteiger partial charge in [0.25, 0.3) is 0 Å². The van der Waals surface area contributed by atoms with Gasteiger partial charge in [0.15, 0.2) is 0 Å². The second kappa shape index (κ2) is 5.31. The van der Waals surface area contributed by atoms with Gasteiger partial charge in [0, 0.05) is 0 Å². The predicted octanol–water partition coefficient (Wildman–Crippen LogP) is 3.85. The summed E-state index contributed by atoms with van der Waals surface area (Å²) in [7, 11) is 0. The van der Waals surface area contributed by atoms with Gasteiger partial charge in [-0.05, 0) is 52.7 Å². The molecule has 2 aromatic carbocycles. The zero-order valence-corrected chi connectivity index (χ0v) is 12.1. The van der Waals surface area contributed by atoms with Crippen LogP contribution >= 0.6 is 15.9 Å². The number of nitrogens with zero attached hydrogens (tertiary/aromatic N) is 1. The van der Waals surface area contributed by atoms with Crippen LogP contribution in [0.5, 0.6) is 0 Å². The molecule has 2 aromatic rings. The van der Waals surface area contributed by atoms with E-state index in [1.54, 1.807) is 12.1 Å². The summed E-state index contributed by atoms with van der Waals surface area (Å²) < 4.78 is 28.1. The number of nitriles is 1. The molecule has 0 saturated heterocycles. The maximum atomic E-state index is 14.1. The summed E-state index contributed by atoms with van der Waals surface area (Å²) in [6.07, 6.45) is 0. The van der Waals surface area contributed by atoms with Crippen LogP contribution in [0.2, 0.25) is 0 Å². The van der Waals surface area contributed by atoms with E-state index in [2.05, 4.69) is 15.9 Å². The highest BCUT2D eigenvalue weighted by Crippen LogP contribution is 2.35. The van der Waals surface area contributed by atoms with Crippen molar-refractivity contribution in [1.82, 2.24) is 0 Å². The zero-order chi connectivity index (χ0) is 14.9. The first kappa shape index (κ1) is 14.6. The topological polar surface area (TPSA) is 44.0 Å². The van der Waals surface area contributed by atoms with Crippen LogP contribution in [0.25, 0.3) is 0 Å². The average Bonchev–Trinajstić information content (AvgIpc) is 2.43. The molecule has 20 heavy (non-hydrogen) atoms. The highest BCUT2D eigenvalue weighted by Gasteiger charge is 2.33. The first-order chi connectivity index (χ1) is 9.37. The molecule has 2 rings (SSSR count). The normalized spacial score (nSPS) is 13.6. The van der Waals surface area contributed by atoms with E-state index in [0.29, 0.717) is 5.56 Å². The number of hydrogen-bond donors (Lipinski definition) is 1. The quantitative estimate of drug-likeness (QED) is 0.846. The van der Waals surface area contributed by atoms with Crippen molar-refractivity contribution in [3.05, 3.63) is 69.2 Å². The Balaban J connectivity index is 2.66. The van der Waals surface area contributed by atoms with Gasteiger partial charge in [-0.15, -0.1) is 0 Å². The Labute approximate surface area is 123 Å². The van der Waals surface area contributed by atoms with Gasteiger partial charge in [0.1, 0.15) is 17.2 Å². The Hall–Kier alpha value is -1.77. The SMILES string of the molecule is CC(O)(c1cccc(C#N)c1)c1c(F)ccc(Br)c1F. The Morgan fingerprint density at radius 1 is 1.25 bits per heavy atom. The standard InChI is InChI=1S/C15H10BrF2NO/c1-15(20,10-4-2-3-9(7-10)8-19)13-12(17)6-5-11(16)14(13)18/h2-7,20H,1H3. The summed E-state index contributed by atoms with van der Waals surface area (Å²) in [4.78, 5) is 0. The van der Waals surface area contributed by atoms with Crippen molar-refractivity contribution in [2.24, 2.45) is 0 Å². The molecule has 5 heteroatoms. The number of aliphatic hydroxyl groups is 1. The lowest BCUT2D eigenvalue weighted by Gasteiger charge is -2.26. The molecule has 1 atom stereocenters. The van der Waals surface area contributed by atoms with Gasteiger partial charge in [-0.25, -0.2) is 8.78 Å². The largest absolute Gasteiger partial charge is 0.380 e. The molecule has 0 radical (unpaired) electrons. The molecule has 0 heterocycles. The molecule has 0 saturated carbocycles. The third-order valence-electron chi connectivity index (χ3n) is 3.08. The van der Waals surface area contributed by atoms with E-state index in [1.807, 2.05) is 6.07 Å². The molecular formula is C15H10BrF2NO. The van der Waals surface area contributed by atoms with Gasteiger partial charge in [-0.1, -0.05) is 12.1 Å². The molecule has 0 aliphatic heterocycles. The summed E-state index contributed by atoms with van der Waals surface area (Å²) in [6.45, 7) is 1.29. The highest BCUT2D eigenvalue weighted by atomic mass is 79.9. The van der Waals surface area contributed by atoms with E-state index in [9.17, 15) is 13.9 Å². The highest BCUT2D eigenvalue weighted by molar-refractivity contribution is 9.10. The fourth-order valence-electron chi connectivity index (χ4n) is 2.01. The molecule has 1 N–H and O–H groups in total. The lowest BCUT2D eigenvalue weighted by Crippen LogP contribution is -2.26. The van der Waals surface area contributed by atoms with Gasteiger partial charge in [-0.2, -0.15) is 5.26 Å². The number of hydrogen-bond acceptors (Lipinski definition) is 2. The molecule has 0 aromatic heterocycles. The Morgan fingerprint density at radius 2 is 1.95 bits per heavy atom. The summed E-state index contributed by atoms with van der Waals surface area (Å²) in [5.41, 5.74) is -1.79. The van der Waals surface area contributed by atoms with E-state index in [0.717, 1.165) is 6.07 Å². The predicted molar refractivity (Wildman–Crippen MR) is 73.9 cm³/mol. The van der Waals surface area contributed by atoms with Gasteiger partial charge >= 0.3 is 0 Å². The van der Waals surface area contributed by atoms with Crippen LogP contribution in [0.15, 0.2) is 40.9 Å². The fraction of sp³-hybridized carbons (Fsp3) is 0.133.